The summed E-state index contributed by atoms with van der Waals surface area (Å²) in [6.07, 6.45) is 4.54. The molecule has 1 unspecified atom stereocenters. The fraction of sp³-hybridized carbons (Fsp3) is 0.533. The standard InChI is InChI=1S/C15H21FN2O/c1-11-5-6-14(16)13(10-11)15(19)18-9-7-12-4-2-3-8-17-12/h5-6,10,12,17H,2-4,7-9H2,1H3,(H,18,19). The molecule has 1 aliphatic heterocycles. The van der Waals surface area contributed by atoms with E-state index in [4.69, 9.17) is 0 Å². The molecule has 0 spiro atoms. The van der Waals surface area contributed by atoms with Gasteiger partial charge in [-0.2, -0.15) is 0 Å². The largest absolute Gasteiger partial charge is 0.352 e. The number of rotatable bonds is 4. The normalized spacial score (nSPS) is 19.2. The van der Waals surface area contributed by atoms with Crippen molar-refractivity contribution in [3.8, 4) is 0 Å². The number of benzene rings is 1. The van der Waals surface area contributed by atoms with Gasteiger partial charge in [0.05, 0.1) is 5.56 Å². The summed E-state index contributed by atoms with van der Waals surface area (Å²) >= 11 is 0. The minimum Gasteiger partial charge on any atom is -0.352 e. The van der Waals surface area contributed by atoms with Crippen molar-refractivity contribution in [1.82, 2.24) is 10.6 Å². The topological polar surface area (TPSA) is 41.1 Å². The maximum absolute atomic E-state index is 13.5. The van der Waals surface area contributed by atoms with Crippen molar-refractivity contribution >= 4 is 5.91 Å². The first-order chi connectivity index (χ1) is 9.16. The number of halogens is 1. The van der Waals surface area contributed by atoms with Crippen molar-refractivity contribution in [2.45, 2.75) is 38.6 Å². The summed E-state index contributed by atoms with van der Waals surface area (Å²) in [5.74, 6) is -0.782. The van der Waals surface area contributed by atoms with E-state index in [2.05, 4.69) is 10.6 Å². The van der Waals surface area contributed by atoms with E-state index in [-0.39, 0.29) is 11.5 Å². The molecule has 1 saturated heterocycles. The monoisotopic (exact) mass is 264 g/mol. The van der Waals surface area contributed by atoms with Crippen LogP contribution in [0.25, 0.3) is 0 Å². The van der Waals surface area contributed by atoms with E-state index in [0.29, 0.717) is 12.6 Å². The summed E-state index contributed by atoms with van der Waals surface area (Å²) in [5, 5.41) is 6.22. The molecule has 19 heavy (non-hydrogen) atoms. The van der Waals surface area contributed by atoms with Crippen LogP contribution < -0.4 is 10.6 Å². The van der Waals surface area contributed by atoms with Gasteiger partial charge >= 0.3 is 0 Å². The first-order valence-electron chi connectivity index (χ1n) is 6.94. The van der Waals surface area contributed by atoms with Crippen LogP contribution in [-0.2, 0) is 0 Å². The molecule has 0 radical (unpaired) electrons. The van der Waals surface area contributed by atoms with E-state index in [0.717, 1.165) is 24.9 Å². The molecule has 2 N–H and O–H groups in total. The Morgan fingerprint density at radius 2 is 2.32 bits per heavy atom. The zero-order valence-corrected chi connectivity index (χ0v) is 11.3. The number of carbonyl (C=O) groups is 1. The molecule has 104 valence electrons. The molecule has 0 bridgehead atoms. The molecular formula is C15H21FN2O. The number of amides is 1. The SMILES string of the molecule is Cc1ccc(F)c(C(=O)NCCC2CCCCN2)c1. The van der Waals surface area contributed by atoms with Crippen LogP contribution in [0.5, 0.6) is 0 Å². The van der Waals surface area contributed by atoms with Crippen LogP contribution in [0.3, 0.4) is 0 Å². The van der Waals surface area contributed by atoms with Crippen molar-refractivity contribution in [1.29, 1.82) is 0 Å². The molecule has 1 amide bonds. The molecule has 1 atom stereocenters. The lowest BCUT2D eigenvalue weighted by Gasteiger charge is -2.23. The van der Waals surface area contributed by atoms with Gasteiger partial charge in [-0.05, 0) is 44.9 Å². The van der Waals surface area contributed by atoms with E-state index in [1.54, 1.807) is 12.1 Å². The lowest BCUT2D eigenvalue weighted by Crippen LogP contribution is -2.37. The van der Waals surface area contributed by atoms with Crippen LogP contribution in [0, 0.1) is 12.7 Å². The third-order valence-electron chi connectivity index (χ3n) is 3.56. The molecule has 3 nitrogen and oxygen atoms in total. The molecule has 1 aliphatic rings. The number of nitrogens with one attached hydrogen (secondary N) is 2. The lowest BCUT2D eigenvalue weighted by atomic mass is 10.0. The molecule has 1 heterocycles. The van der Waals surface area contributed by atoms with Gasteiger partial charge < -0.3 is 10.6 Å². The van der Waals surface area contributed by atoms with Crippen LogP contribution >= 0.6 is 0 Å². The number of piperidine rings is 1. The first-order valence-corrected chi connectivity index (χ1v) is 6.94. The second kappa shape index (κ2) is 6.66. The maximum atomic E-state index is 13.5. The molecular weight excluding hydrogens is 243 g/mol. The Balaban J connectivity index is 1.82. The molecule has 4 heteroatoms. The highest BCUT2D eigenvalue weighted by Crippen LogP contribution is 2.11. The second-order valence-corrected chi connectivity index (χ2v) is 5.17. The quantitative estimate of drug-likeness (QED) is 0.876. The first kappa shape index (κ1) is 14.0. The van der Waals surface area contributed by atoms with Crippen LogP contribution in [-0.4, -0.2) is 25.0 Å². The highest BCUT2D eigenvalue weighted by atomic mass is 19.1. The summed E-state index contributed by atoms with van der Waals surface area (Å²) in [5.41, 5.74) is 1.03. The highest BCUT2D eigenvalue weighted by molar-refractivity contribution is 5.94. The molecule has 0 saturated carbocycles. The van der Waals surface area contributed by atoms with Crippen molar-refractivity contribution in [2.24, 2.45) is 0 Å². The van der Waals surface area contributed by atoms with Gasteiger partial charge in [-0.15, -0.1) is 0 Å². The van der Waals surface area contributed by atoms with Crippen LogP contribution in [0.1, 0.15) is 41.6 Å². The number of hydrogen-bond acceptors (Lipinski definition) is 2. The molecule has 0 aromatic heterocycles. The van der Waals surface area contributed by atoms with Crippen molar-refractivity contribution in [2.75, 3.05) is 13.1 Å². The summed E-state index contributed by atoms with van der Waals surface area (Å²) < 4.78 is 13.5. The molecule has 1 aromatic carbocycles. The van der Waals surface area contributed by atoms with Crippen molar-refractivity contribution in [3.05, 3.63) is 35.1 Å². The zero-order valence-electron chi connectivity index (χ0n) is 11.3. The summed E-state index contributed by atoms with van der Waals surface area (Å²) in [6.45, 7) is 3.50. The third kappa shape index (κ3) is 4.03. The Kier molecular flexibility index (Phi) is 4.91. The summed E-state index contributed by atoms with van der Waals surface area (Å²) in [7, 11) is 0. The Bertz CT molecular complexity index is 442. The number of aryl methyl sites for hydroxylation is 1. The zero-order chi connectivity index (χ0) is 13.7. The van der Waals surface area contributed by atoms with E-state index in [1.807, 2.05) is 6.92 Å². The van der Waals surface area contributed by atoms with Gasteiger partial charge in [0, 0.05) is 12.6 Å². The van der Waals surface area contributed by atoms with E-state index >= 15 is 0 Å². The predicted molar refractivity (Wildman–Crippen MR) is 73.7 cm³/mol. The third-order valence-corrected chi connectivity index (χ3v) is 3.56. The van der Waals surface area contributed by atoms with Gasteiger partial charge in [-0.3, -0.25) is 4.79 Å². The Morgan fingerprint density at radius 1 is 1.47 bits per heavy atom. The maximum Gasteiger partial charge on any atom is 0.254 e. The predicted octanol–water partition coefficient (Wildman–Crippen LogP) is 2.40. The minimum absolute atomic E-state index is 0.136. The lowest BCUT2D eigenvalue weighted by molar-refractivity contribution is 0.0947. The average Bonchev–Trinajstić information content (AvgIpc) is 2.42. The summed E-state index contributed by atoms with van der Waals surface area (Å²) in [4.78, 5) is 11.9. The van der Waals surface area contributed by atoms with E-state index in [9.17, 15) is 9.18 Å². The van der Waals surface area contributed by atoms with Crippen molar-refractivity contribution in [3.63, 3.8) is 0 Å². The second-order valence-electron chi connectivity index (χ2n) is 5.17. The molecule has 2 rings (SSSR count). The molecule has 0 aliphatic carbocycles. The van der Waals surface area contributed by atoms with Crippen molar-refractivity contribution < 1.29 is 9.18 Å². The Morgan fingerprint density at radius 3 is 3.05 bits per heavy atom. The molecule has 1 fully saturated rings. The minimum atomic E-state index is -0.459. The molecule has 1 aromatic rings. The number of hydrogen-bond donors (Lipinski definition) is 2. The van der Waals surface area contributed by atoms with Gasteiger partial charge in [0.2, 0.25) is 0 Å². The Hall–Kier alpha value is -1.42. The average molecular weight is 264 g/mol. The number of carbonyl (C=O) groups excluding carboxylic acids is 1. The van der Waals surface area contributed by atoms with Crippen LogP contribution in [0.15, 0.2) is 18.2 Å². The highest BCUT2D eigenvalue weighted by Gasteiger charge is 2.14. The summed E-state index contributed by atoms with van der Waals surface area (Å²) in [6, 6.07) is 5.07. The van der Waals surface area contributed by atoms with Crippen LogP contribution in [0.2, 0.25) is 0 Å². The van der Waals surface area contributed by atoms with Gasteiger partial charge in [0.1, 0.15) is 5.82 Å². The van der Waals surface area contributed by atoms with E-state index < -0.39 is 5.82 Å². The van der Waals surface area contributed by atoms with Crippen LogP contribution in [0.4, 0.5) is 4.39 Å². The fourth-order valence-corrected chi connectivity index (χ4v) is 2.44. The van der Waals surface area contributed by atoms with Gasteiger partial charge in [-0.25, -0.2) is 4.39 Å². The van der Waals surface area contributed by atoms with Gasteiger partial charge in [0.25, 0.3) is 5.91 Å². The smallest absolute Gasteiger partial charge is 0.254 e. The van der Waals surface area contributed by atoms with Gasteiger partial charge in [-0.1, -0.05) is 18.1 Å². The van der Waals surface area contributed by atoms with Gasteiger partial charge in [0.15, 0.2) is 0 Å². The fourth-order valence-electron chi connectivity index (χ4n) is 2.44. The van der Waals surface area contributed by atoms with E-state index in [1.165, 1.54) is 18.9 Å². The Labute approximate surface area is 113 Å².